The fourth-order valence-corrected chi connectivity index (χ4v) is 2.86. The van der Waals surface area contributed by atoms with Gasteiger partial charge < -0.3 is 10.1 Å². The summed E-state index contributed by atoms with van der Waals surface area (Å²) < 4.78 is 5.08. The van der Waals surface area contributed by atoms with Crippen LogP contribution in [-0.4, -0.2) is 18.0 Å². The number of thiazole rings is 1. The maximum absolute atomic E-state index is 12.0. The maximum Gasteiger partial charge on any atom is 0.231 e. The van der Waals surface area contributed by atoms with Gasteiger partial charge in [-0.1, -0.05) is 0 Å². The topological polar surface area (TPSA) is 51.2 Å². The summed E-state index contributed by atoms with van der Waals surface area (Å²) in [6, 6.07) is 7.30. The molecule has 1 amide bonds. The second-order valence-electron chi connectivity index (χ2n) is 4.89. The molecule has 2 aromatic rings. The molecule has 0 bridgehead atoms. The van der Waals surface area contributed by atoms with Gasteiger partial charge in [-0.3, -0.25) is 4.79 Å². The fraction of sp³-hybridized carbons (Fsp3) is 0.333. The number of carbonyl (C=O) groups is 1. The van der Waals surface area contributed by atoms with Gasteiger partial charge in [-0.25, -0.2) is 4.98 Å². The third-order valence-electron chi connectivity index (χ3n) is 3.25. The molecule has 104 valence electrons. The van der Waals surface area contributed by atoms with E-state index in [0.717, 1.165) is 22.1 Å². The number of aromatic nitrogens is 1. The lowest BCUT2D eigenvalue weighted by Gasteiger charge is -2.05. The zero-order chi connectivity index (χ0) is 13.9. The molecule has 1 aliphatic rings. The normalized spacial score (nSPS) is 14.1. The smallest absolute Gasteiger partial charge is 0.231 e. The number of rotatable bonds is 5. The summed E-state index contributed by atoms with van der Waals surface area (Å²) >= 11 is 1.57. The molecule has 4 nitrogen and oxygen atoms in total. The Hall–Kier alpha value is -1.88. The van der Waals surface area contributed by atoms with Crippen molar-refractivity contribution in [3.05, 3.63) is 40.3 Å². The average Bonchev–Trinajstić information content (AvgIpc) is 3.20. The SMILES string of the molecule is COc1ccc(NC(=O)Cc2nc(C3CC3)cs2)cc1. The van der Waals surface area contributed by atoms with Gasteiger partial charge in [0.05, 0.1) is 19.2 Å². The van der Waals surface area contributed by atoms with Crippen LogP contribution < -0.4 is 10.1 Å². The molecule has 1 aliphatic carbocycles. The zero-order valence-corrected chi connectivity index (χ0v) is 12.1. The van der Waals surface area contributed by atoms with Crippen LogP contribution in [0.1, 0.15) is 29.5 Å². The highest BCUT2D eigenvalue weighted by Crippen LogP contribution is 2.40. The second-order valence-corrected chi connectivity index (χ2v) is 5.84. The molecule has 0 atom stereocenters. The van der Waals surface area contributed by atoms with Crippen molar-refractivity contribution in [3.63, 3.8) is 0 Å². The Morgan fingerprint density at radius 2 is 2.15 bits per heavy atom. The van der Waals surface area contributed by atoms with Crippen LogP contribution in [0.5, 0.6) is 5.75 Å². The molecule has 0 unspecified atom stereocenters. The molecule has 1 fully saturated rings. The van der Waals surface area contributed by atoms with Crippen LogP contribution >= 0.6 is 11.3 Å². The van der Waals surface area contributed by atoms with Crippen molar-refractivity contribution in [1.82, 2.24) is 4.98 Å². The molecule has 0 radical (unpaired) electrons. The fourth-order valence-electron chi connectivity index (χ4n) is 1.99. The molecule has 1 N–H and O–H groups in total. The Kier molecular flexibility index (Phi) is 3.69. The van der Waals surface area contributed by atoms with Crippen molar-refractivity contribution >= 4 is 22.9 Å². The Bertz CT molecular complexity index is 603. The minimum absolute atomic E-state index is 0.0353. The Labute approximate surface area is 121 Å². The first kappa shape index (κ1) is 13.1. The summed E-state index contributed by atoms with van der Waals surface area (Å²) in [7, 11) is 1.62. The number of hydrogen-bond acceptors (Lipinski definition) is 4. The van der Waals surface area contributed by atoms with Crippen LogP contribution in [-0.2, 0) is 11.2 Å². The highest BCUT2D eigenvalue weighted by Gasteiger charge is 2.26. The highest BCUT2D eigenvalue weighted by atomic mass is 32.1. The first-order valence-corrected chi connectivity index (χ1v) is 7.51. The van der Waals surface area contributed by atoms with E-state index < -0.39 is 0 Å². The Morgan fingerprint density at radius 3 is 2.80 bits per heavy atom. The van der Waals surface area contributed by atoms with E-state index in [1.54, 1.807) is 18.4 Å². The van der Waals surface area contributed by atoms with Crippen molar-refractivity contribution in [3.8, 4) is 5.75 Å². The molecule has 0 saturated heterocycles. The monoisotopic (exact) mass is 288 g/mol. The lowest BCUT2D eigenvalue weighted by molar-refractivity contribution is -0.115. The van der Waals surface area contributed by atoms with Crippen LogP contribution in [0, 0.1) is 0 Å². The van der Waals surface area contributed by atoms with E-state index >= 15 is 0 Å². The van der Waals surface area contributed by atoms with Crippen molar-refractivity contribution in [2.45, 2.75) is 25.2 Å². The minimum Gasteiger partial charge on any atom is -0.497 e. The number of ether oxygens (including phenoxy) is 1. The summed E-state index contributed by atoms with van der Waals surface area (Å²) in [5.74, 6) is 1.38. The number of anilines is 1. The van der Waals surface area contributed by atoms with Crippen LogP contribution in [0.15, 0.2) is 29.6 Å². The van der Waals surface area contributed by atoms with Gasteiger partial charge in [-0.2, -0.15) is 0 Å². The molecule has 1 aromatic carbocycles. The lowest BCUT2D eigenvalue weighted by atomic mass is 10.3. The number of methoxy groups -OCH3 is 1. The number of nitrogens with one attached hydrogen (secondary N) is 1. The number of carbonyl (C=O) groups excluding carboxylic acids is 1. The number of hydrogen-bond donors (Lipinski definition) is 1. The number of amides is 1. The number of nitrogens with zero attached hydrogens (tertiary/aromatic N) is 1. The van der Waals surface area contributed by atoms with Gasteiger partial charge in [0.1, 0.15) is 10.8 Å². The first-order chi connectivity index (χ1) is 9.74. The minimum atomic E-state index is -0.0353. The van der Waals surface area contributed by atoms with E-state index in [0.29, 0.717) is 12.3 Å². The van der Waals surface area contributed by atoms with Crippen molar-refractivity contribution in [2.75, 3.05) is 12.4 Å². The van der Waals surface area contributed by atoms with E-state index in [1.807, 2.05) is 24.3 Å². The molecular formula is C15H16N2O2S. The third-order valence-corrected chi connectivity index (χ3v) is 4.12. The molecule has 5 heteroatoms. The van der Waals surface area contributed by atoms with Crippen molar-refractivity contribution in [2.24, 2.45) is 0 Å². The van der Waals surface area contributed by atoms with Gasteiger partial charge in [-0.15, -0.1) is 11.3 Å². The Morgan fingerprint density at radius 1 is 1.40 bits per heavy atom. The van der Waals surface area contributed by atoms with Crippen molar-refractivity contribution in [1.29, 1.82) is 0 Å². The second kappa shape index (κ2) is 5.63. The van der Waals surface area contributed by atoms with Crippen LogP contribution in [0.3, 0.4) is 0 Å². The molecule has 0 spiro atoms. The Balaban J connectivity index is 1.57. The van der Waals surface area contributed by atoms with E-state index in [9.17, 15) is 4.79 Å². The van der Waals surface area contributed by atoms with E-state index in [1.165, 1.54) is 12.8 Å². The van der Waals surface area contributed by atoms with Gasteiger partial charge in [0.15, 0.2) is 0 Å². The van der Waals surface area contributed by atoms with Gasteiger partial charge >= 0.3 is 0 Å². The van der Waals surface area contributed by atoms with Gasteiger partial charge in [0, 0.05) is 17.0 Å². The standard InChI is InChI=1S/C15H16N2O2S/c1-19-12-6-4-11(5-7-12)16-14(18)8-15-17-13(9-20-15)10-2-3-10/h4-7,9-10H,2-3,8H2,1H3,(H,16,18). The van der Waals surface area contributed by atoms with Crippen LogP contribution in [0.25, 0.3) is 0 Å². The van der Waals surface area contributed by atoms with E-state index in [-0.39, 0.29) is 5.91 Å². The van der Waals surface area contributed by atoms with E-state index in [2.05, 4.69) is 15.7 Å². The van der Waals surface area contributed by atoms with Gasteiger partial charge in [0.25, 0.3) is 0 Å². The quantitative estimate of drug-likeness (QED) is 0.919. The molecule has 1 heterocycles. The third kappa shape index (κ3) is 3.17. The molecule has 0 aliphatic heterocycles. The predicted octanol–water partition coefficient (Wildman–Crippen LogP) is 3.21. The molecule has 1 saturated carbocycles. The van der Waals surface area contributed by atoms with E-state index in [4.69, 9.17) is 4.74 Å². The molecular weight excluding hydrogens is 272 g/mol. The molecule has 3 rings (SSSR count). The summed E-state index contributed by atoms with van der Waals surface area (Å²) in [5.41, 5.74) is 1.93. The predicted molar refractivity (Wildman–Crippen MR) is 79.4 cm³/mol. The highest BCUT2D eigenvalue weighted by molar-refractivity contribution is 7.09. The molecule has 20 heavy (non-hydrogen) atoms. The molecule has 1 aromatic heterocycles. The van der Waals surface area contributed by atoms with Gasteiger partial charge in [-0.05, 0) is 37.1 Å². The summed E-state index contributed by atoms with van der Waals surface area (Å²) in [5, 5.41) is 5.83. The number of benzene rings is 1. The van der Waals surface area contributed by atoms with Gasteiger partial charge in [0.2, 0.25) is 5.91 Å². The summed E-state index contributed by atoms with van der Waals surface area (Å²) in [6.45, 7) is 0. The largest absolute Gasteiger partial charge is 0.497 e. The summed E-state index contributed by atoms with van der Waals surface area (Å²) in [4.78, 5) is 16.5. The van der Waals surface area contributed by atoms with Crippen molar-refractivity contribution < 1.29 is 9.53 Å². The summed E-state index contributed by atoms with van der Waals surface area (Å²) in [6.07, 6.45) is 2.81. The maximum atomic E-state index is 12.0. The zero-order valence-electron chi connectivity index (χ0n) is 11.3. The first-order valence-electron chi connectivity index (χ1n) is 6.63. The lowest BCUT2D eigenvalue weighted by Crippen LogP contribution is -2.14. The van der Waals surface area contributed by atoms with Crippen LogP contribution in [0.2, 0.25) is 0 Å². The van der Waals surface area contributed by atoms with Crippen LogP contribution in [0.4, 0.5) is 5.69 Å². The average molecular weight is 288 g/mol.